The van der Waals surface area contributed by atoms with Crippen molar-refractivity contribution in [2.75, 3.05) is 7.11 Å². The van der Waals surface area contributed by atoms with Crippen LogP contribution in [0.25, 0.3) is 0 Å². The molecule has 3 unspecified atom stereocenters. The Bertz CT molecular complexity index is 400. The number of amides is 2. The SMILES string of the molecule is C#CCC(NC(=O)NC1CC(OC)C1(C)C)C(=O)O. The van der Waals surface area contributed by atoms with Gasteiger partial charge in [0.2, 0.25) is 0 Å². The quantitative estimate of drug-likeness (QED) is 0.636. The van der Waals surface area contributed by atoms with Crippen molar-refractivity contribution in [2.24, 2.45) is 5.41 Å². The molecule has 3 atom stereocenters. The number of hydrogen-bond acceptors (Lipinski definition) is 3. The van der Waals surface area contributed by atoms with Gasteiger partial charge in [-0.15, -0.1) is 12.3 Å². The lowest BCUT2D eigenvalue weighted by Gasteiger charge is -2.51. The molecule has 0 bridgehead atoms. The lowest BCUT2D eigenvalue weighted by Crippen LogP contribution is -2.63. The molecule has 0 aliphatic heterocycles. The molecule has 1 saturated carbocycles. The van der Waals surface area contributed by atoms with Gasteiger partial charge in [-0.25, -0.2) is 9.59 Å². The minimum absolute atomic E-state index is 0.0438. The average Bonchev–Trinajstić information content (AvgIpc) is 2.33. The van der Waals surface area contributed by atoms with Gasteiger partial charge in [0, 0.05) is 25.0 Å². The van der Waals surface area contributed by atoms with E-state index in [-0.39, 0.29) is 24.0 Å². The Morgan fingerprint density at radius 3 is 2.63 bits per heavy atom. The third kappa shape index (κ3) is 3.38. The standard InChI is InChI=1S/C13H20N2O4/c1-5-6-8(11(16)17)14-12(18)15-9-7-10(19-4)13(9,2)3/h1,8-10H,6-7H2,2-4H3,(H,16,17)(H2,14,15,18). The Kier molecular flexibility index (Phi) is 4.78. The number of methoxy groups -OCH3 is 1. The highest BCUT2D eigenvalue weighted by Crippen LogP contribution is 2.42. The molecule has 1 aliphatic carbocycles. The summed E-state index contributed by atoms with van der Waals surface area (Å²) >= 11 is 0. The summed E-state index contributed by atoms with van der Waals surface area (Å²) in [6.07, 6.45) is 5.82. The second-order valence-corrected chi connectivity index (χ2v) is 5.25. The Labute approximate surface area is 112 Å². The molecule has 106 valence electrons. The number of carbonyl (C=O) groups is 2. The van der Waals surface area contributed by atoms with Crippen LogP contribution in [0, 0.1) is 17.8 Å². The molecule has 6 heteroatoms. The first-order valence-electron chi connectivity index (χ1n) is 6.09. The van der Waals surface area contributed by atoms with E-state index in [0.717, 1.165) is 0 Å². The van der Waals surface area contributed by atoms with Crippen molar-refractivity contribution in [3.63, 3.8) is 0 Å². The van der Waals surface area contributed by atoms with E-state index in [1.54, 1.807) is 7.11 Å². The lowest BCUT2D eigenvalue weighted by molar-refractivity contribution is -0.139. The number of urea groups is 1. The Hall–Kier alpha value is -1.74. The highest BCUT2D eigenvalue weighted by molar-refractivity contribution is 5.83. The first-order chi connectivity index (χ1) is 8.82. The van der Waals surface area contributed by atoms with Crippen molar-refractivity contribution in [1.82, 2.24) is 10.6 Å². The lowest BCUT2D eigenvalue weighted by atomic mass is 9.64. The van der Waals surface area contributed by atoms with Crippen LogP contribution < -0.4 is 10.6 Å². The van der Waals surface area contributed by atoms with E-state index in [1.807, 2.05) is 13.8 Å². The first-order valence-corrected chi connectivity index (χ1v) is 6.09. The summed E-state index contributed by atoms with van der Waals surface area (Å²) in [6, 6.07) is -1.63. The molecule has 2 amide bonds. The van der Waals surface area contributed by atoms with Gasteiger partial charge in [-0.3, -0.25) is 0 Å². The summed E-state index contributed by atoms with van der Waals surface area (Å²) in [7, 11) is 1.64. The largest absolute Gasteiger partial charge is 0.480 e. The highest BCUT2D eigenvalue weighted by Gasteiger charge is 2.49. The van der Waals surface area contributed by atoms with Crippen molar-refractivity contribution >= 4 is 12.0 Å². The number of ether oxygens (including phenoxy) is 1. The van der Waals surface area contributed by atoms with Gasteiger partial charge in [-0.05, 0) is 6.42 Å². The van der Waals surface area contributed by atoms with Crippen molar-refractivity contribution in [2.45, 2.75) is 44.9 Å². The van der Waals surface area contributed by atoms with Crippen LogP contribution in [0.3, 0.4) is 0 Å². The zero-order valence-corrected chi connectivity index (χ0v) is 11.4. The highest BCUT2D eigenvalue weighted by atomic mass is 16.5. The third-order valence-corrected chi connectivity index (χ3v) is 3.69. The van der Waals surface area contributed by atoms with Crippen molar-refractivity contribution < 1.29 is 19.4 Å². The number of nitrogens with one attached hydrogen (secondary N) is 2. The number of terminal acetylenes is 1. The van der Waals surface area contributed by atoms with Gasteiger partial charge in [0.1, 0.15) is 6.04 Å². The maximum atomic E-state index is 11.7. The van der Waals surface area contributed by atoms with E-state index in [4.69, 9.17) is 16.3 Å². The Morgan fingerprint density at radius 2 is 2.21 bits per heavy atom. The minimum Gasteiger partial charge on any atom is -0.480 e. The summed E-state index contributed by atoms with van der Waals surface area (Å²) in [5.74, 6) is 1.08. The number of carbonyl (C=O) groups excluding carboxylic acids is 1. The molecule has 0 aromatic heterocycles. The van der Waals surface area contributed by atoms with Gasteiger partial charge in [0.05, 0.1) is 6.10 Å². The van der Waals surface area contributed by atoms with Crippen LogP contribution in [-0.2, 0) is 9.53 Å². The summed E-state index contributed by atoms with van der Waals surface area (Å²) in [5, 5.41) is 14.0. The Balaban J connectivity index is 2.49. The van der Waals surface area contributed by atoms with Gasteiger partial charge >= 0.3 is 12.0 Å². The fraction of sp³-hybridized carbons (Fsp3) is 0.692. The second kappa shape index (κ2) is 5.93. The third-order valence-electron chi connectivity index (χ3n) is 3.69. The van der Waals surface area contributed by atoms with E-state index >= 15 is 0 Å². The molecule has 0 saturated heterocycles. The van der Waals surface area contributed by atoms with Gasteiger partial charge in [0.25, 0.3) is 0 Å². The number of rotatable bonds is 5. The van der Waals surface area contributed by atoms with Gasteiger partial charge in [0.15, 0.2) is 0 Å². The van der Waals surface area contributed by atoms with Gasteiger partial charge in [-0.2, -0.15) is 0 Å². The molecule has 1 fully saturated rings. The fourth-order valence-electron chi connectivity index (χ4n) is 2.21. The molecule has 0 spiro atoms. The molecule has 19 heavy (non-hydrogen) atoms. The number of carboxylic acids is 1. The predicted octanol–water partition coefficient (Wildman–Crippen LogP) is 0.576. The average molecular weight is 268 g/mol. The van der Waals surface area contributed by atoms with Crippen molar-refractivity contribution in [1.29, 1.82) is 0 Å². The first kappa shape index (κ1) is 15.3. The number of hydrogen-bond donors (Lipinski definition) is 3. The summed E-state index contributed by atoms with van der Waals surface area (Å²) in [5.41, 5.74) is -0.170. The van der Waals surface area contributed by atoms with Crippen LogP contribution in [0.1, 0.15) is 26.7 Å². The topological polar surface area (TPSA) is 87.7 Å². The molecule has 1 rings (SSSR count). The van der Waals surface area contributed by atoms with Crippen LogP contribution in [0.15, 0.2) is 0 Å². The molecule has 1 aliphatic rings. The van der Waals surface area contributed by atoms with Gasteiger partial charge < -0.3 is 20.5 Å². The molecule has 3 N–H and O–H groups in total. The van der Waals surface area contributed by atoms with Crippen LogP contribution in [0.2, 0.25) is 0 Å². The normalized spacial score (nSPS) is 25.6. The fourth-order valence-corrected chi connectivity index (χ4v) is 2.21. The molecular formula is C13H20N2O4. The predicted molar refractivity (Wildman–Crippen MR) is 69.5 cm³/mol. The number of aliphatic carboxylic acids is 1. The van der Waals surface area contributed by atoms with Crippen LogP contribution in [0.4, 0.5) is 4.79 Å². The zero-order valence-electron chi connectivity index (χ0n) is 11.4. The maximum absolute atomic E-state index is 11.7. The Morgan fingerprint density at radius 1 is 1.58 bits per heavy atom. The van der Waals surface area contributed by atoms with E-state index < -0.39 is 18.0 Å². The summed E-state index contributed by atoms with van der Waals surface area (Å²) < 4.78 is 5.28. The summed E-state index contributed by atoms with van der Waals surface area (Å²) in [4.78, 5) is 22.6. The summed E-state index contributed by atoms with van der Waals surface area (Å²) in [6.45, 7) is 3.98. The van der Waals surface area contributed by atoms with Crippen LogP contribution in [-0.4, -0.2) is 42.4 Å². The van der Waals surface area contributed by atoms with Crippen molar-refractivity contribution in [3.05, 3.63) is 0 Å². The second-order valence-electron chi connectivity index (χ2n) is 5.25. The van der Waals surface area contributed by atoms with E-state index in [0.29, 0.717) is 6.42 Å². The molecule has 0 radical (unpaired) electrons. The van der Waals surface area contributed by atoms with E-state index in [1.165, 1.54) is 0 Å². The maximum Gasteiger partial charge on any atom is 0.327 e. The van der Waals surface area contributed by atoms with E-state index in [9.17, 15) is 9.59 Å². The monoisotopic (exact) mass is 268 g/mol. The van der Waals surface area contributed by atoms with Gasteiger partial charge in [-0.1, -0.05) is 13.8 Å². The molecular weight excluding hydrogens is 248 g/mol. The molecule has 0 heterocycles. The van der Waals surface area contributed by atoms with Crippen LogP contribution in [0.5, 0.6) is 0 Å². The van der Waals surface area contributed by atoms with E-state index in [2.05, 4.69) is 16.6 Å². The molecule has 6 nitrogen and oxygen atoms in total. The molecule has 0 aromatic carbocycles. The zero-order chi connectivity index (χ0) is 14.6. The number of carboxylic acid groups (broad SMARTS) is 1. The molecule has 0 aromatic rings. The van der Waals surface area contributed by atoms with Crippen LogP contribution >= 0.6 is 0 Å². The minimum atomic E-state index is -1.14. The smallest absolute Gasteiger partial charge is 0.327 e. The van der Waals surface area contributed by atoms with Crippen molar-refractivity contribution in [3.8, 4) is 12.3 Å².